The fourth-order valence-corrected chi connectivity index (χ4v) is 1.63. The summed E-state index contributed by atoms with van der Waals surface area (Å²) in [5, 5.41) is 16.6. The van der Waals surface area contributed by atoms with Crippen molar-refractivity contribution in [3.63, 3.8) is 0 Å². The number of hydrogen-bond donors (Lipinski definition) is 2. The van der Waals surface area contributed by atoms with Gasteiger partial charge in [0.15, 0.2) is 0 Å². The zero-order valence-electron chi connectivity index (χ0n) is 11.4. The predicted octanol–water partition coefficient (Wildman–Crippen LogP) is 2.23. The lowest BCUT2D eigenvalue weighted by Crippen LogP contribution is -2.31. The van der Waals surface area contributed by atoms with E-state index >= 15 is 0 Å². The molecule has 0 bridgehead atoms. The molecule has 0 saturated carbocycles. The van der Waals surface area contributed by atoms with Crippen LogP contribution in [0, 0.1) is 17.0 Å². The Morgan fingerprint density at radius 2 is 2.11 bits per heavy atom. The Bertz CT molecular complexity index is 472. The lowest BCUT2D eigenvalue weighted by molar-refractivity contribution is -0.385. The second-order valence-corrected chi connectivity index (χ2v) is 4.66. The Balaban J connectivity index is 2.52. The zero-order valence-corrected chi connectivity index (χ0v) is 11.4. The van der Waals surface area contributed by atoms with Crippen molar-refractivity contribution in [2.24, 2.45) is 0 Å². The molecule has 1 aromatic rings. The van der Waals surface area contributed by atoms with Gasteiger partial charge in [-0.25, -0.2) is 0 Å². The molecule has 0 radical (unpaired) electrons. The van der Waals surface area contributed by atoms with E-state index in [4.69, 9.17) is 0 Å². The fourth-order valence-electron chi connectivity index (χ4n) is 1.63. The Hall–Kier alpha value is -2.11. The fraction of sp³-hybridized carbons (Fsp3) is 0.462. The number of carbonyl (C=O) groups is 1. The van der Waals surface area contributed by atoms with Crippen LogP contribution in [0.1, 0.15) is 25.8 Å². The third-order valence-electron chi connectivity index (χ3n) is 2.54. The number of rotatable bonds is 6. The normalized spacial score (nSPS) is 10.3. The third kappa shape index (κ3) is 4.95. The first-order valence-corrected chi connectivity index (χ1v) is 6.18. The van der Waals surface area contributed by atoms with E-state index in [0.29, 0.717) is 24.2 Å². The van der Waals surface area contributed by atoms with Crippen LogP contribution in [-0.2, 0) is 4.79 Å². The molecule has 19 heavy (non-hydrogen) atoms. The maximum absolute atomic E-state index is 11.4. The van der Waals surface area contributed by atoms with Crippen molar-refractivity contribution >= 4 is 17.3 Å². The quantitative estimate of drug-likeness (QED) is 0.610. The van der Waals surface area contributed by atoms with Crippen LogP contribution in [0.5, 0.6) is 0 Å². The molecule has 0 unspecified atom stereocenters. The molecule has 104 valence electrons. The summed E-state index contributed by atoms with van der Waals surface area (Å²) >= 11 is 0. The average molecular weight is 265 g/mol. The second-order valence-electron chi connectivity index (χ2n) is 4.66. The smallest absolute Gasteiger partial charge is 0.274 e. The van der Waals surface area contributed by atoms with Gasteiger partial charge in [-0.2, -0.15) is 0 Å². The molecule has 0 aliphatic heterocycles. The molecule has 1 amide bonds. The summed E-state index contributed by atoms with van der Waals surface area (Å²) < 4.78 is 0. The molecule has 0 fully saturated rings. The summed E-state index contributed by atoms with van der Waals surface area (Å²) in [4.78, 5) is 21.8. The average Bonchev–Trinajstić information content (AvgIpc) is 2.30. The molecule has 6 nitrogen and oxygen atoms in total. The van der Waals surface area contributed by atoms with Gasteiger partial charge in [-0.1, -0.05) is 6.07 Å². The molecule has 1 rings (SSSR count). The highest BCUT2D eigenvalue weighted by Crippen LogP contribution is 2.22. The predicted molar refractivity (Wildman–Crippen MR) is 74.2 cm³/mol. The molecule has 0 saturated heterocycles. The Labute approximate surface area is 112 Å². The van der Waals surface area contributed by atoms with E-state index in [2.05, 4.69) is 10.6 Å². The van der Waals surface area contributed by atoms with Gasteiger partial charge in [-0.3, -0.25) is 14.9 Å². The molecule has 1 aromatic carbocycles. The van der Waals surface area contributed by atoms with Gasteiger partial charge in [0.05, 0.1) is 4.92 Å². The minimum atomic E-state index is -0.411. The Kier molecular flexibility index (Phi) is 5.29. The van der Waals surface area contributed by atoms with Gasteiger partial charge in [0.1, 0.15) is 0 Å². The SMILES string of the molecule is Cc1ccc(NCCC(=O)NC(C)C)cc1[N+](=O)[O-]. The van der Waals surface area contributed by atoms with E-state index in [1.807, 2.05) is 13.8 Å². The first kappa shape index (κ1) is 14.9. The number of benzene rings is 1. The van der Waals surface area contributed by atoms with Crippen LogP contribution in [0.3, 0.4) is 0 Å². The van der Waals surface area contributed by atoms with Crippen molar-refractivity contribution in [2.45, 2.75) is 33.2 Å². The Morgan fingerprint density at radius 3 is 2.68 bits per heavy atom. The standard InChI is InChI=1S/C13H19N3O3/c1-9(2)15-13(17)6-7-14-11-5-4-10(3)12(8-11)16(18)19/h4-5,8-9,14H,6-7H2,1-3H3,(H,15,17). The van der Waals surface area contributed by atoms with Crippen molar-refractivity contribution in [3.8, 4) is 0 Å². The van der Waals surface area contributed by atoms with Crippen molar-refractivity contribution in [2.75, 3.05) is 11.9 Å². The minimum absolute atomic E-state index is 0.0379. The van der Waals surface area contributed by atoms with E-state index in [1.54, 1.807) is 19.1 Å². The number of nitro benzene ring substituents is 1. The molecule has 2 N–H and O–H groups in total. The number of aryl methyl sites for hydroxylation is 1. The topological polar surface area (TPSA) is 84.3 Å². The molecule has 0 heterocycles. The Morgan fingerprint density at radius 1 is 1.42 bits per heavy atom. The van der Waals surface area contributed by atoms with Crippen LogP contribution in [0.25, 0.3) is 0 Å². The zero-order chi connectivity index (χ0) is 14.4. The summed E-state index contributed by atoms with van der Waals surface area (Å²) in [6.45, 7) is 5.93. The summed E-state index contributed by atoms with van der Waals surface area (Å²) in [5.74, 6) is -0.0379. The van der Waals surface area contributed by atoms with Gasteiger partial charge in [0.25, 0.3) is 5.69 Å². The van der Waals surface area contributed by atoms with E-state index in [-0.39, 0.29) is 17.6 Å². The number of carbonyl (C=O) groups excluding carboxylic acids is 1. The van der Waals surface area contributed by atoms with Gasteiger partial charge < -0.3 is 10.6 Å². The van der Waals surface area contributed by atoms with Gasteiger partial charge in [0, 0.05) is 36.3 Å². The number of nitrogens with zero attached hydrogens (tertiary/aromatic N) is 1. The molecule has 0 aromatic heterocycles. The van der Waals surface area contributed by atoms with Crippen LogP contribution in [0.2, 0.25) is 0 Å². The van der Waals surface area contributed by atoms with Crippen molar-refractivity contribution in [3.05, 3.63) is 33.9 Å². The van der Waals surface area contributed by atoms with Crippen LogP contribution < -0.4 is 10.6 Å². The summed E-state index contributed by atoms with van der Waals surface area (Å²) in [5.41, 5.74) is 1.35. The van der Waals surface area contributed by atoms with Crippen molar-refractivity contribution in [1.82, 2.24) is 5.32 Å². The number of nitro groups is 1. The van der Waals surface area contributed by atoms with E-state index in [9.17, 15) is 14.9 Å². The van der Waals surface area contributed by atoms with Crippen LogP contribution in [-0.4, -0.2) is 23.4 Å². The first-order valence-electron chi connectivity index (χ1n) is 6.18. The van der Waals surface area contributed by atoms with Gasteiger partial charge in [-0.05, 0) is 26.8 Å². The van der Waals surface area contributed by atoms with Crippen LogP contribution in [0.15, 0.2) is 18.2 Å². The van der Waals surface area contributed by atoms with Crippen molar-refractivity contribution < 1.29 is 9.72 Å². The minimum Gasteiger partial charge on any atom is -0.384 e. The number of nitrogens with one attached hydrogen (secondary N) is 2. The van der Waals surface area contributed by atoms with Crippen molar-refractivity contribution in [1.29, 1.82) is 0 Å². The van der Waals surface area contributed by atoms with Gasteiger partial charge >= 0.3 is 0 Å². The van der Waals surface area contributed by atoms with Gasteiger partial charge in [0.2, 0.25) is 5.91 Å². The lowest BCUT2D eigenvalue weighted by Gasteiger charge is -2.09. The molecule has 0 spiro atoms. The van der Waals surface area contributed by atoms with E-state index in [1.165, 1.54) is 6.07 Å². The highest BCUT2D eigenvalue weighted by Gasteiger charge is 2.11. The van der Waals surface area contributed by atoms with Crippen LogP contribution in [0.4, 0.5) is 11.4 Å². The monoisotopic (exact) mass is 265 g/mol. The number of amides is 1. The molecule has 0 atom stereocenters. The largest absolute Gasteiger partial charge is 0.384 e. The summed E-state index contributed by atoms with van der Waals surface area (Å²) in [6, 6.07) is 5.06. The number of anilines is 1. The molecule has 0 aliphatic carbocycles. The molecule has 6 heteroatoms. The first-order chi connectivity index (χ1) is 8.90. The lowest BCUT2D eigenvalue weighted by atomic mass is 10.2. The summed E-state index contributed by atoms with van der Waals surface area (Å²) in [6.07, 6.45) is 0.333. The maximum atomic E-state index is 11.4. The van der Waals surface area contributed by atoms with E-state index < -0.39 is 4.92 Å². The molecule has 0 aliphatic rings. The second kappa shape index (κ2) is 6.72. The highest BCUT2D eigenvalue weighted by molar-refractivity contribution is 5.76. The molecular weight excluding hydrogens is 246 g/mol. The third-order valence-corrected chi connectivity index (χ3v) is 2.54. The number of hydrogen-bond acceptors (Lipinski definition) is 4. The maximum Gasteiger partial charge on any atom is 0.274 e. The van der Waals surface area contributed by atoms with E-state index in [0.717, 1.165) is 0 Å². The highest BCUT2D eigenvalue weighted by atomic mass is 16.6. The van der Waals surface area contributed by atoms with Gasteiger partial charge in [-0.15, -0.1) is 0 Å². The van der Waals surface area contributed by atoms with Crippen LogP contribution >= 0.6 is 0 Å². The summed E-state index contributed by atoms with van der Waals surface area (Å²) in [7, 11) is 0. The molecular formula is C13H19N3O3.